The highest BCUT2D eigenvalue weighted by molar-refractivity contribution is 5.78. The molecule has 3 aromatic rings. The first-order valence-electron chi connectivity index (χ1n) is 5.76. The zero-order chi connectivity index (χ0) is 13.4. The van der Waals surface area contributed by atoms with Gasteiger partial charge in [-0.2, -0.15) is 0 Å². The first-order valence-corrected chi connectivity index (χ1v) is 5.76. The number of hydrogen-bond donors (Lipinski definition) is 0. The fourth-order valence-electron chi connectivity index (χ4n) is 1.96. The Bertz CT molecular complexity index is 777. The summed E-state index contributed by atoms with van der Waals surface area (Å²) in [5.41, 5.74) is 2.76. The van der Waals surface area contributed by atoms with Crippen LogP contribution in [0.15, 0.2) is 46.9 Å². The number of benzene rings is 2. The molecule has 0 spiro atoms. The van der Waals surface area contributed by atoms with Crippen LogP contribution in [0.25, 0.3) is 22.6 Å². The summed E-state index contributed by atoms with van der Waals surface area (Å²) in [7, 11) is 0. The predicted octanol–water partition coefficient (Wildman–Crippen LogP) is 3.71. The standard InChI is InChI=1S/C14H10N2O3/c1-9-6-7-11-13(8-9)19-14(15-11)10-4-2-3-5-12(10)16(17)18/h2-8H,1H3. The molecular formula is C14H10N2O3. The lowest BCUT2D eigenvalue weighted by Gasteiger charge is -1.96. The number of nitrogens with zero attached hydrogens (tertiary/aromatic N) is 2. The Morgan fingerprint density at radius 1 is 1.21 bits per heavy atom. The minimum absolute atomic E-state index is 0.00854. The topological polar surface area (TPSA) is 69.2 Å². The van der Waals surface area contributed by atoms with E-state index in [2.05, 4.69) is 4.98 Å². The minimum atomic E-state index is -0.435. The summed E-state index contributed by atoms with van der Waals surface area (Å²) in [5.74, 6) is 0.271. The molecule has 0 saturated carbocycles. The van der Waals surface area contributed by atoms with Gasteiger partial charge >= 0.3 is 0 Å². The maximum absolute atomic E-state index is 11.0. The van der Waals surface area contributed by atoms with Gasteiger partial charge in [0.1, 0.15) is 11.1 Å². The van der Waals surface area contributed by atoms with E-state index < -0.39 is 4.92 Å². The van der Waals surface area contributed by atoms with Crippen LogP contribution in [0.4, 0.5) is 5.69 Å². The normalized spacial score (nSPS) is 10.8. The lowest BCUT2D eigenvalue weighted by molar-refractivity contribution is -0.384. The van der Waals surface area contributed by atoms with Crippen LogP contribution in [0.1, 0.15) is 5.56 Å². The van der Waals surface area contributed by atoms with E-state index in [9.17, 15) is 10.1 Å². The second-order valence-corrected chi connectivity index (χ2v) is 4.26. The van der Waals surface area contributed by atoms with E-state index in [4.69, 9.17) is 4.42 Å². The molecular weight excluding hydrogens is 244 g/mol. The molecule has 0 aliphatic carbocycles. The van der Waals surface area contributed by atoms with Crippen LogP contribution >= 0.6 is 0 Å². The molecule has 0 unspecified atom stereocenters. The fraction of sp³-hybridized carbons (Fsp3) is 0.0714. The molecule has 0 saturated heterocycles. The van der Waals surface area contributed by atoms with Crippen molar-refractivity contribution in [1.82, 2.24) is 4.98 Å². The highest BCUT2D eigenvalue weighted by Gasteiger charge is 2.18. The second kappa shape index (κ2) is 4.20. The van der Waals surface area contributed by atoms with E-state index in [0.29, 0.717) is 16.7 Å². The Labute approximate surface area is 108 Å². The molecule has 0 aliphatic heterocycles. The maximum atomic E-state index is 11.0. The molecule has 3 rings (SSSR count). The average molecular weight is 254 g/mol. The Balaban J connectivity index is 2.22. The van der Waals surface area contributed by atoms with Crippen LogP contribution in [0.5, 0.6) is 0 Å². The summed E-state index contributed by atoms with van der Waals surface area (Å²) < 4.78 is 5.61. The number of fused-ring (bicyclic) bond motifs is 1. The summed E-state index contributed by atoms with van der Waals surface area (Å²) in [5, 5.41) is 11.0. The van der Waals surface area contributed by atoms with Crippen molar-refractivity contribution in [1.29, 1.82) is 0 Å². The highest BCUT2D eigenvalue weighted by atomic mass is 16.6. The number of para-hydroxylation sites is 1. The first-order chi connectivity index (χ1) is 9.15. The van der Waals surface area contributed by atoms with Gasteiger partial charge in [-0.1, -0.05) is 18.2 Å². The van der Waals surface area contributed by atoms with Crippen molar-refractivity contribution in [2.24, 2.45) is 0 Å². The Hall–Kier alpha value is -2.69. The number of rotatable bonds is 2. The molecule has 5 nitrogen and oxygen atoms in total. The molecule has 0 amide bonds. The van der Waals surface area contributed by atoms with E-state index in [0.717, 1.165) is 5.56 Å². The zero-order valence-electron chi connectivity index (χ0n) is 10.2. The molecule has 0 bridgehead atoms. The van der Waals surface area contributed by atoms with Crippen molar-refractivity contribution in [3.05, 3.63) is 58.1 Å². The Morgan fingerprint density at radius 3 is 2.79 bits per heavy atom. The minimum Gasteiger partial charge on any atom is -0.436 e. The van der Waals surface area contributed by atoms with Crippen molar-refractivity contribution in [3.8, 4) is 11.5 Å². The lowest BCUT2D eigenvalue weighted by Crippen LogP contribution is -1.91. The molecule has 94 valence electrons. The van der Waals surface area contributed by atoms with Gasteiger partial charge in [0, 0.05) is 6.07 Å². The highest BCUT2D eigenvalue weighted by Crippen LogP contribution is 2.31. The van der Waals surface area contributed by atoms with Gasteiger partial charge in [-0.05, 0) is 30.7 Å². The third-order valence-electron chi connectivity index (χ3n) is 2.88. The molecule has 0 N–H and O–H groups in total. The van der Waals surface area contributed by atoms with Gasteiger partial charge < -0.3 is 4.42 Å². The molecule has 2 aromatic carbocycles. The number of hydrogen-bond acceptors (Lipinski definition) is 4. The molecule has 0 radical (unpaired) electrons. The largest absolute Gasteiger partial charge is 0.436 e. The van der Waals surface area contributed by atoms with Crippen LogP contribution in [0.3, 0.4) is 0 Å². The van der Waals surface area contributed by atoms with Crippen LogP contribution in [-0.4, -0.2) is 9.91 Å². The van der Waals surface area contributed by atoms with Gasteiger partial charge in [-0.15, -0.1) is 0 Å². The number of oxazole rings is 1. The number of aryl methyl sites for hydroxylation is 1. The van der Waals surface area contributed by atoms with E-state index in [1.165, 1.54) is 6.07 Å². The maximum Gasteiger partial charge on any atom is 0.282 e. The van der Waals surface area contributed by atoms with Gasteiger partial charge in [0.25, 0.3) is 5.69 Å². The SMILES string of the molecule is Cc1ccc2nc(-c3ccccc3[N+](=O)[O-])oc2c1. The molecule has 0 aliphatic rings. The van der Waals surface area contributed by atoms with Crippen LogP contribution in [0, 0.1) is 17.0 Å². The molecule has 0 atom stereocenters. The zero-order valence-corrected chi connectivity index (χ0v) is 10.2. The Kier molecular flexibility index (Phi) is 2.52. The molecule has 1 aromatic heterocycles. The summed E-state index contributed by atoms with van der Waals surface area (Å²) >= 11 is 0. The van der Waals surface area contributed by atoms with Crippen molar-refractivity contribution >= 4 is 16.8 Å². The summed E-state index contributed by atoms with van der Waals surface area (Å²) in [6.07, 6.45) is 0. The average Bonchev–Trinajstić information content (AvgIpc) is 2.81. The monoisotopic (exact) mass is 254 g/mol. The van der Waals surface area contributed by atoms with Crippen molar-refractivity contribution in [2.75, 3.05) is 0 Å². The summed E-state index contributed by atoms with van der Waals surface area (Å²) in [4.78, 5) is 14.9. The van der Waals surface area contributed by atoms with E-state index >= 15 is 0 Å². The smallest absolute Gasteiger partial charge is 0.282 e. The summed E-state index contributed by atoms with van der Waals surface area (Å²) in [6, 6.07) is 12.0. The van der Waals surface area contributed by atoms with Gasteiger partial charge in [0.05, 0.1) is 4.92 Å². The third-order valence-corrected chi connectivity index (χ3v) is 2.88. The van der Waals surface area contributed by atoms with Gasteiger partial charge in [0.15, 0.2) is 5.58 Å². The quantitative estimate of drug-likeness (QED) is 0.516. The second-order valence-electron chi connectivity index (χ2n) is 4.26. The molecule has 1 heterocycles. The number of aromatic nitrogens is 1. The van der Waals surface area contributed by atoms with Crippen LogP contribution < -0.4 is 0 Å². The Morgan fingerprint density at radius 2 is 2.00 bits per heavy atom. The van der Waals surface area contributed by atoms with E-state index in [1.54, 1.807) is 18.2 Å². The van der Waals surface area contributed by atoms with Gasteiger partial charge in [-0.25, -0.2) is 4.98 Å². The predicted molar refractivity (Wildman–Crippen MR) is 70.8 cm³/mol. The fourth-order valence-corrected chi connectivity index (χ4v) is 1.96. The van der Waals surface area contributed by atoms with Crippen molar-refractivity contribution in [3.63, 3.8) is 0 Å². The number of nitro benzene ring substituents is 1. The van der Waals surface area contributed by atoms with Gasteiger partial charge in [0.2, 0.25) is 5.89 Å². The van der Waals surface area contributed by atoms with Gasteiger partial charge in [-0.3, -0.25) is 10.1 Å². The lowest BCUT2D eigenvalue weighted by atomic mass is 10.2. The van der Waals surface area contributed by atoms with Crippen LogP contribution in [-0.2, 0) is 0 Å². The molecule has 19 heavy (non-hydrogen) atoms. The third kappa shape index (κ3) is 1.95. The number of nitro groups is 1. The molecule has 5 heteroatoms. The van der Waals surface area contributed by atoms with Crippen LogP contribution in [0.2, 0.25) is 0 Å². The molecule has 0 fully saturated rings. The van der Waals surface area contributed by atoms with Crippen molar-refractivity contribution in [2.45, 2.75) is 6.92 Å². The van der Waals surface area contributed by atoms with E-state index in [-0.39, 0.29) is 11.6 Å². The van der Waals surface area contributed by atoms with Crippen molar-refractivity contribution < 1.29 is 9.34 Å². The first kappa shape index (κ1) is 11.4. The summed E-state index contributed by atoms with van der Waals surface area (Å²) in [6.45, 7) is 1.95. The van der Waals surface area contributed by atoms with E-state index in [1.807, 2.05) is 25.1 Å².